The highest BCUT2D eigenvalue weighted by Gasteiger charge is 2.25. The van der Waals surface area contributed by atoms with Gasteiger partial charge in [0.05, 0.1) is 17.6 Å². The van der Waals surface area contributed by atoms with E-state index in [1.807, 2.05) is 60.7 Å². The summed E-state index contributed by atoms with van der Waals surface area (Å²) in [6.45, 7) is 1.72. The largest absolute Gasteiger partial charge is 0.462 e. The van der Waals surface area contributed by atoms with Crippen molar-refractivity contribution in [3.63, 3.8) is 0 Å². The van der Waals surface area contributed by atoms with Crippen molar-refractivity contribution in [3.8, 4) is 21.8 Å². The molecular weight excluding hydrogens is 542 g/mol. The van der Waals surface area contributed by atoms with Gasteiger partial charge in [-0.05, 0) is 49.8 Å². The number of amides is 1. The Balaban J connectivity index is 1.40. The monoisotopic (exact) mass is 569 g/mol. The molecule has 3 aromatic heterocycles. The Labute approximate surface area is 239 Å². The molecule has 0 saturated heterocycles. The minimum Gasteiger partial charge on any atom is -0.462 e. The van der Waals surface area contributed by atoms with Crippen LogP contribution in [0, 0.1) is 0 Å². The minimum absolute atomic E-state index is 0.208. The van der Waals surface area contributed by atoms with Crippen molar-refractivity contribution in [2.24, 2.45) is 0 Å². The number of esters is 1. The summed E-state index contributed by atoms with van der Waals surface area (Å²) in [4.78, 5) is 47.9. The van der Waals surface area contributed by atoms with Gasteiger partial charge in [-0.25, -0.2) is 9.78 Å². The van der Waals surface area contributed by atoms with Crippen LogP contribution in [0.3, 0.4) is 0 Å². The number of carbonyl (C=O) groups excluding carboxylic acids is 2. The van der Waals surface area contributed by atoms with E-state index in [1.165, 1.54) is 20.8 Å². The van der Waals surface area contributed by atoms with E-state index in [2.05, 4.69) is 5.32 Å². The Kier molecular flexibility index (Phi) is 7.32. The zero-order chi connectivity index (χ0) is 27.6. The van der Waals surface area contributed by atoms with Crippen molar-refractivity contribution in [2.75, 3.05) is 11.9 Å². The maximum Gasteiger partial charge on any atom is 0.341 e. The summed E-state index contributed by atoms with van der Waals surface area (Å²) in [6.07, 6.45) is 3.95. The first kappa shape index (κ1) is 26.2. The highest BCUT2D eigenvalue weighted by atomic mass is 32.1. The number of hydrogen-bond acceptors (Lipinski definition) is 7. The highest BCUT2D eigenvalue weighted by Crippen LogP contribution is 2.37. The molecule has 0 atom stereocenters. The second-order valence-corrected chi connectivity index (χ2v) is 11.7. The van der Waals surface area contributed by atoms with E-state index in [9.17, 15) is 14.4 Å². The number of rotatable bonds is 7. The van der Waals surface area contributed by atoms with Gasteiger partial charge < -0.3 is 10.1 Å². The van der Waals surface area contributed by atoms with E-state index in [0.29, 0.717) is 16.2 Å². The van der Waals surface area contributed by atoms with Crippen molar-refractivity contribution >= 4 is 49.8 Å². The Bertz CT molecular complexity index is 1770. The molecule has 1 aliphatic carbocycles. The van der Waals surface area contributed by atoms with Gasteiger partial charge in [0, 0.05) is 15.3 Å². The second-order valence-electron chi connectivity index (χ2n) is 9.57. The van der Waals surface area contributed by atoms with Crippen LogP contribution in [0.4, 0.5) is 5.00 Å². The number of carbonyl (C=O) groups is 2. The molecule has 0 bridgehead atoms. The van der Waals surface area contributed by atoms with Gasteiger partial charge in [0.25, 0.3) is 5.56 Å². The summed E-state index contributed by atoms with van der Waals surface area (Å²) in [6, 6.07) is 20.8. The normalized spacial score (nSPS) is 12.7. The van der Waals surface area contributed by atoms with Crippen molar-refractivity contribution in [1.29, 1.82) is 0 Å². The van der Waals surface area contributed by atoms with Gasteiger partial charge >= 0.3 is 5.97 Å². The Morgan fingerprint density at radius 1 is 0.975 bits per heavy atom. The van der Waals surface area contributed by atoms with Crippen LogP contribution in [0.5, 0.6) is 0 Å². The molecule has 2 aromatic carbocycles. The lowest BCUT2D eigenvalue weighted by Crippen LogP contribution is -2.30. The molecule has 0 saturated carbocycles. The summed E-state index contributed by atoms with van der Waals surface area (Å²) in [7, 11) is 0. The fourth-order valence-corrected chi connectivity index (χ4v) is 7.41. The van der Waals surface area contributed by atoms with E-state index >= 15 is 0 Å². The van der Waals surface area contributed by atoms with Gasteiger partial charge in [-0.2, -0.15) is 0 Å². The lowest BCUT2D eigenvalue weighted by molar-refractivity contribution is -0.116. The smallest absolute Gasteiger partial charge is 0.341 e. The molecule has 0 unspecified atom stereocenters. The number of anilines is 1. The van der Waals surface area contributed by atoms with Gasteiger partial charge in [-0.1, -0.05) is 60.7 Å². The van der Waals surface area contributed by atoms with Crippen LogP contribution >= 0.6 is 22.7 Å². The summed E-state index contributed by atoms with van der Waals surface area (Å²) < 4.78 is 6.72. The molecule has 202 valence electrons. The quantitative estimate of drug-likeness (QED) is 0.225. The molecule has 5 aromatic rings. The maximum absolute atomic E-state index is 14.0. The lowest BCUT2D eigenvalue weighted by atomic mass is 9.97. The average molecular weight is 570 g/mol. The standard InChI is InChI=1S/C31H27N3O4S2/c1-2-38-31(37)22-17-24(19-11-5-3-6-12-19)40-28(22)32-25(35)18-34-27(20-13-7-4-8-14-20)33-29-26(30(34)36)21-15-9-10-16-23(21)39-29/h3-8,11-14,17H,2,9-10,15-16,18H2,1H3,(H,32,35). The molecule has 6 rings (SSSR count). The molecule has 3 heterocycles. The van der Waals surface area contributed by atoms with E-state index < -0.39 is 11.9 Å². The van der Waals surface area contributed by atoms with Crippen molar-refractivity contribution in [3.05, 3.63) is 93.1 Å². The second kappa shape index (κ2) is 11.2. The number of aromatic nitrogens is 2. The van der Waals surface area contributed by atoms with Crippen LogP contribution in [0.25, 0.3) is 32.0 Å². The number of nitrogens with one attached hydrogen (secondary N) is 1. The topological polar surface area (TPSA) is 90.3 Å². The lowest BCUT2D eigenvalue weighted by Gasteiger charge is -2.14. The van der Waals surface area contributed by atoms with E-state index in [0.717, 1.165) is 52.1 Å². The summed E-state index contributed by atoms with van der Waals surface area (Å²) in [5.41, 5.74) is 2.84. The zero-order valence-corrected chi connectivity index (χ0v) is 23.6. The number of ether oxygens (including phenoxy) is 1. The van der Waals surface area contributed by atoms with Crippen LogP contribution in [0.2, 0.25) is 0 Å². The van der Waals surface area contributed by atoms with Crippen LogP contribution in [0.1, 0.15) is 40.6 Å². The fourth-order valence-electron chi connectivity index (χ4n) is 5.09. The van der Waals surface area contributed by atoms with Gasteiger partial charge in [0.1, 0.15) is 22.2 Å². The molecule has 0 fully saturated rings. The van der Waals surface area contributed by atoms with Crippen LogP contribution in [0.15, 0.2) is 71.5 Å². The Morgan fingerprint density at radius 3 is 2.40 bits per heavy atom. The van der Waals surface area contributed by atoms with Gasteiger partial charge in [0.15, 0.2) is 0 Å². The third-order valence-electron chi connectivity index (χ3n) is 6.95. The average Bonchev–Trinajstić information content (AvgIpc) is 3.57. The maximum atomic E-state index is 14.0. The predicted octanol–water partition coefficient (Wildman–Crippen LogP) is 6.55. The van der Waals surface area contributed by atoms with Crippen LogP contribution in [-0.2, 0) is 28.9 Å². The number of thiophene rings is 2. The van der Waals surface area contributed by atoms with Gasteiger partial charge in [-0.3, -0.25) is 14.2 Å². The van der Waals surface area contributed by atoms with Crippen molar-refractivity contribution < 1.29 is 14.3 Å². The first-order valence-electron chi connectivity index (χ1n) is 13.3. The molecule has 40 heavy (non-hydrogen) atoms. The SMILES string of the molecule is CCOC(=O)c1cc(-c2ccccc2)sc1NC(=O)Cn1c(-c2ccccc2)nc2sc3c(c2c1=O)CCCC3. The van der Waals surface area contributed by atoms with Crippen LogP contribution in [-0.4, -0.2) is 28.0 Å². The van der Waals surface area contributed by atoms with Crippen molar-refractivity contribution in [2.45, 2.75) is 39.2 Å². The molecule has 1 amide bonds. The molecule has 7 nitrogen and oxygen atoms in total. The summed E-state index contributed by atoms with van der Waals surface area (Å²) in [5, 5.41) is 3.91. The zero-order valence-electron chi connectivity index (χ0n) is 21.9. The van der Waals surface area contributed by atoms with E-state index in [1.54, 1.807) is 24.3 Å². The molecule has 9 heteroatoms. The molecule has 1 aliphatic rings. The minimum atomic E-state index is -0.508. The molecule has 0 spiro atoms. The summed E-state index contributed by atoms with van der Waals surface area (Å²) in [5.74, 6) is -0.475. The van der Waals surface area contributed by atoms with E-state index in [-0.39, 0.29) is 24.3 Å². The number of benzene rings is 2. The van der Waals surface area contributed by atoms with Crippen LogP contribution < -0.4 is 10.9 Å². The Hall–Kier alpha value is -4.08. The summed E-state index contributed by atoms with van der Waals surface area (Å²) >= 11 is 2.89. The number of fused-ring (bicyclic) bond motifs is 3. The van der Waals surface area contributed by atoms with Gasteiger partial charge in [0.2, 0.25) is 5.91 Å². The third kappa shape index (κ3) is 4.98. The molecular formula is C31H27N3O4S2. The molecule has 1 N–H and O–H groups in total. The fraction of sp³-hybridized carbons (Fsp3) is 0.226. The number of nitrogens with zero attached hydrogens (tertiary/aromatic N) is 2. The third-order valence-corrected chi connectivity index (χ3v) is 9.23. The number of aryl methyl sites for hydroxylation is 2. The number of hydrogen-bond donors (Lipinski definition) is 1. The van der Waals surface area contributed by atoms with Gasteiger partial charge in [-0.15, -0.1) is 22.7 Å². The first-order chi connectivity index (χ1) is 19.5. The molecule has 0 radical (unpaired) electrons. The predicted molar refractivity (Wildman–Crippen MR) is 160 cm³/mol. The van der Waals surface area contributed by atoms with Crippen molar-refractivity contribution in [1.82, 2.24) is 9.55 Å². The first-order valence-corrected chi connectivity index (χ1v) is 14.9. The van der Waals surface area contributed by atoms with E-state index in [4.69, 9.17) is 9.72 Å². The Morgan fingerprint density at radius 2 is 1.68 bits per heavy atom. The highest BCUT2D eigenvalue weighted by molar-refractivity contribution is 7.20. The molecule has 0 aliphatic heterocycles.